The van der Waals surface area contributed by atoms with Crippen molar-refractivity contribution in [2.45, 2.75) is 6.10 Å². The molecular weight excluding hydrogens is 244 g/mol. The Balaban J connectivity index is 2.07. The van der Waals surface area contributed by atoms with Gasteiger partial charge in [-0.05, 0) is 22.3 Å². The smallest absolute Gasteiger partial charge is 0.105 e. The van der Waals surface area contributed by atoms with Crippen LogP contribution in [0.4, 0.5) is 0 Å². The van der Waals surface area contributed by atoms with Gasteiger partial charge in [0.25, 0.3) is 0 Å². The van der Waals surface area contributed by atoms with Crippen molar-refractivity contribution in [3.63, 3.8) is 0 Å². The van der Waals surface area contributed by atoms with Crippen LogP contribution in [0.5, 0.6) is 0 Å². The molecule has 0 unspecified atom stereocenters. The third-order valence-electron chi connectivity index (χ3n) is 3.46. The van der Waals surface area contributed by atoms with Gasteiger partial charge in [0.1, 0.15) is 6.10 Å². The molecular formula is C19H16O. The van der Waals surface area contributed by atoms with Crippen LogP contribution < -0.4 is 0 Å². The first-order valence-electron chi connectivity index (χ1n) is 6.73. The number of hydrogen-bond acceptors (Lipinski definition) is 1. The zero-order chi connectivity index (χ0) is 13.8. The molecule has 1 N–H and O–H groups in total. The van der Waals surface area contributed by atoms with E-state index in [1.54, 1.807) is 0 Å². The van der Waals surface area contributed by atoms with Crippen LogP contribution in [0.15, 0.2) is 84.9 Å². The Labute approximate surface area is 119 Å². The number of aliphatic hydroxyl groups excluding tert-OH is 1. The van der Waals surface area contributed by atoms with Gasteiger partial charge >= 0.3 is 0 Å². The Hall–Kier alpha value is -2.38. The molecule has 1 nitrogen and oxygen atoms in total. The molecule has 0 fully saturated rings. The van der Waals surface area contributed by atoms with Crippen LogP contribution in [0.1, 0.15) is 17.2 Å². The van der Waals surface area contributed by atoms with E-state index in [2.05, 4.69) is 18.2 Å². The Kier molecular flexibility index (Phi) is 3.62. The van der Waals surface area contributed by atoms with E-state index in [0.29, 0.717) is 0 Å². The average molecular weight is 260 g/mol. The maximum atomic E-state index is 10.6. The molecule has 0 radical (unpaired) electrons. The highest BCUT2D eigenvalue weighted by atomic mass is 16.3. The highest BCUT2D eigenvalue weighted by Gasteiger charge is 2.14. The molecule has 3 aromatic rings. The van der Waals surface area contributed by atoms with Gasteiger partial charge in [-0.2, -0.15) is 0 Å². The van der Waals surface area contributed by atoms with Crippen molar-refractivity contribution in [3.8, 4) is 11.1 Å². The lowest BCUT2D eigenvalue weighted by Gasteiger charge is -2.16. The second-order valence-corrected chi connectivity index (χ2v) is 4.77. The fourth-order valence-corrected chi connectivity index (χ4v) is 2.43. The number of hydrogen-bond donors (Lipinski definition) is 1. The molecule has 3 aromatic carbocycles. The summed E-state index contributed by atoms with van der Waals surface area (Å²) in [6.07, 6.45) is -0.604. The van der Waals surface area contributed by atoms with Crippen LogP contribution in [0, 0.1) is 0 Å². The molecule has 98 valence electrons. The van der Waals surface area contributed by atoms with Crippen LogP contribution >= 0.6 is 0 Å². The van der Waals surface area contributed by atoms with E-state index >= 15 is 0 Å². The van der Waals surface area contributed by atoms with Crippen LogP contribution in [0.25, 0.3) is 11.1 Å². The summed E-state index contributed by atoms with van der Waals surface area (Å²) in [7, 11) is 0. The second-order valence-electron chi connectivity index (χ2n) is 4.77. The van der Waals surface area contributed by atoms with E-state index in [1.807, 2.05) is 66.7 Å². The largest absolute Gasteiger partial charge is 0.384 e. The van der Waals surface area contributed by atoms with Crippen molar-refractivity contribution in [3.05, 3.63) is 96.1 Å². The molecule has 0 bridgehead atoms. The van der Waals surface area contributed by atoms with Gasteiger partial charge in [0.05, 0.1) is 0 Å². The zero-order valence-corrected chi connectivity index (χ0v) is 11.1. The fourth-order valence-electron chi connectivity index (χ4n) is 2.43. The van der Waals surface area contributed by atoms with E-state index in [4.69, 9.17) is 0 Å². The molecule has 1 heteroatoms. The highest BCUT2D eigenvalue weighted by Crippen LogP contribution is 2.31. The lowest BCUT2D eigenvalue weighted by Crippen LogP contribution is -2.01. The van der Waals surface area contributed by atoms with Crippen molar-refractivity contribution in [2.75, 3.05) is 0 Å². The summed E-state index contributed by atoms with van der Waals surface area (Å²) in [4.78, 5) is 0. The Morgan fingerprint density at radius 2 is 1.15 bits per heavy atom. The van der Waals surface area contributed by atoms with E-state index < -0.39 is 6.10 Å². The van der Waals surface area contributed by atoms with Crippen molar-refractivity contribution in [1.82, 2.24) is 0 Å². The van der Waals surface area contributed by atoms with Crippen LogP contribution in [0.2, 0.25) is 0 Å². The minimum absolute atomic E-state index is 0.604. The standard InChI is InChI=1S/C19H16O/c20-19(16-11-5-2-6-12-16)18-14-8-7-13-17(18)15-9-3-1-4-10-15/h1-14,19-20H/t19-/m0/s1. The van der Waals surface area contributed by atoms with Gasteiger partial charge in [0.2, 0.25) is 0 Å². The molecule has 0 aliphatic heterocycles. The monoisotopic (exact) mass is 260 g/mol. The van der Waals surface area contributed by atoms with Gasteiger partial charge in [0.15, 0.2) is 0 Å². The number of rotatable bonds is 3. The Morgan fingerprint density at radius 3 is 1.85 bits per heavy atom. The predicted octanol–water partition coefficient (Wildman–Crippen LogP) is 4.44. The van der Waals surface area contributed by atoms with Crippen molar-refractivity contribution < 1.29 is 5.11 Å². The summed E-state index contributed by atoms with van der Waals surface area (Å²) in [5.41, 5.74) is 4.04. The minimum Gasteiger partial charge on any atom is -0.384 e. The SMILES string of the molecule is O[C@@H](c1ccccc1)c1ccccc1-c1ccccc1. The van der Waals surface area contributed by atoms with Crippen LogP contribution in [0.3, 0.4) is 0 Å². The molecule has 0 aromatic heterocycles. The zero-order valence-electron chi connectivity index (χ0n) is 11.1. The van der Waals surface area contributed by atoms with E-state index in [-0.39, 0.29) is 0 Å². The molecule has 0 saturated heterocycles. The second kappa shape index (κ2) is 5.72. The maximum Gasteiger partial charge on any atom is 0.105 e. The number of benzene rings is 3. The van der Waals surface area contributed by atoms with Gasteiger partial charge in [0, 0.05) is 0 Å². The van der Waals surface area contributed by atoms with Crippen LogP contribution in [-0.4, -0.2) is 5.11 Å². The molecule has 1 atom stereocenters. The minimum atomic E-state index is -0.604. The normalized spacial score (nSPS) is 12.1. The Bertz CT molecular complexity index is 674. The molecule has 0 heterocycles. The summed E-state index contributed by atoms with van der Waals surface area (Å²) in [5.74, 6) is 0. The quantitative estimate of drug-likeness (QED) is 0.738. The fraction of sp³-hybridized carbons (Fsp3) is 0.0526. The first-order chi connectivity index (χ1) is 9.86. The third kappa shape index (κ3) is 2.49. The van der Waals surface area contributed by atoms with Gasteiger partial charge < -0.3 is 5.11 Å². The highest BCUT2D eigenvalue weighted by molar-refractivity contribution is 5.68. The third-order valence-corrected chi connectivity index (χ3v) is 3.46. The van der Waals surface area contributed by atoms with Gasteiger partial charge in [-0.25, -0.2) is 0 Å². The average Bonchev–Trinajstić information content (AvgIpc) is 2.56. The van der Waals surface area contributed by atoms with Crippen molar-refractivity contribution >= 4 is 0 Å². The van der Waals surface area contributed by atoms with E-state index in [9.17, 15) is 5.11 Å². The van der Waals surface area contributed by atoms with Gasteiger partial charge in [-0.15, -0.1) is 0 Å². The van der Waals surface area contributed by atoms with Gasteiger partial charge in [-0.3, -0.25) is 0 Å². The summed E-state index contributed by atoms with van der Waals surface area (Å²) in [6.45, 7) is 0. The molecule has 20 heavy (non-hydrogen) atoms. The van der Waals surface area contributed by atoms with Crippen LogP contribution in [-0.2, 0) is 0 Å². The lowest BCUT2D eigenvalue weighted by atomic mass is 9.93. The summed E-state index contributed by atoms with van der Waals surface area (Å²) >= 11 is 0. The summed E-state index contributed by atoms with van der Waals surface area (Å²) in [5, 5.41) is 10.6. The van der Waals surface area contributed by atoms with Crippen molar-refractivity contribution in [1.29, 1.82) is 0 Å². The molecule has 0 aliphatic rings. The number of aliphatic hydroxyl groups is 1. The molecule has 0 saturated carbocycles. The topological polar surface area (TPSA) is 20.2 Å². The first kappa shape index (κ1) is 12.6. The van der Waals surface area contributed by atoms with Gasteiger partial charge in [-0.1, -0.05) is 84.9 Å². The maximum absolute atomic E-state index is 10.6. The van der Waals surface area contributed by atoms with Crippen molar-refractivity contribution in [2.24, 2.45) is 0 Å². The lowest BCUT2D eigenvalue weighted by molar-refractivity contribution is 0.221. The summed E-state index contributed by atoms with van der Waals surface area (Å²) < 4.78 is 0. The predicted molar refractivity (Wildman–Crippen MR) is 82.4 cm³/mol. The first-order valence-corrected chi connectivity index (χ1v) is 6.73. The molecule has 3 rings (SSSR count). The Morgan fingerprint density at radius 1 is 0.600 bits per heavy atom. The molecule has 0 aliphatic carbocycles. The van der Waals surface area contributed by atoms with E-state index in [1.165, 1.54) is 0 Å². The van der Waals surface area contributed by atoms with E-state index in [0.717, 1.165) is 22.3 Å². The summed E-state index contributed by atoms with van der Waals surface area (Å²) in [6, 6.07) is 27.9. The molecule has 0 spiro atoms. The molecule has 0 amide bonds.